The van der Waals surface area contributed by atoms with E-state index in [2.05, 4.69) is 6.92 Å². The molecule has 2 N–H and O–H groups in total. The molecule has 9 heteroatoms. The van der Waals surface area contributed by atoms with Gasteiger partial charge in [0.1, 0.15) is 5.56 Å². The fourth-order valence-electron chi connectivity index (χ4n) is 2.26. The maximum atomic E-state index is 11.1. The van der Waals surface area contributed by atoms with Crippen molar-refractivity contribution in [3.8, 4) is 0 Å². The second-order valence-corrected chi connectivity index (χ2v) is 16.7. The Morgan fingerprint density at radius 2 is 1.62 bits per heavy atom. The van der Waals surface area contributed by atoms with Crippen LogP contribution in [0.4, 0.5) is 0 Å². The number of aromatic nitrogens is 1. The summed E-state index contributed by atoms with van der Waals surface area (Å²) in [4.78, 5) is 11.1. The van der Waals surface area contributed by atoms with Crippen molar-refractivity contribution in [1.82, 2.24) is 0 Å². The van der Waals surface area contributed by atoms with Gasteiger partial charge in [0.2, 0.25) is 0 Å². The van der Waals surface area contributed by atoms with Crippen LogP contribution >= 0.6 is 40.4 Å². The van der Waals surface area contributed by atoms with Crippen LogP contribution in [0.15, 0.2) is 24.5 Å². The SMILES string of the molecule is CCCCCCCCCCOC[n+]1cccc(C(N)=O)c1.[Cl][Fe-]([Cl])([Cl])[Cl]. The molecule has 0 aliphatic heterocycles. The zero-order valence-electron chi connectivity index (χ0n) is 15.1. The average molecular weight is 491 g/mol. The molecule has 155 valence electrons. The number of hydrogen-bond acceptors (Lipinski definition) is 2. The minimum absolute atomic E-state index is 0.410. The van der Waals surface area contributed by atoms with Gasteiger partial charge in [0.15, 0.2) is 12.4 Å². The van der Waals surface area contributed by atoms with Gasteiger partial charge in [-0.3, -0.25) is 4.79 Å². The topological polar surface area (TPSA) is 56.2 Å². The number of nitrogens with zero attached hydrogens (tertiary/aromatic N) is 1. The van der Waals surface area contributed by atoms with Crippen LogP contribution in [0.3, 0.4) is 0 Å². The fourth-order valence-corrected chi connectivity index (χ4v) is 2.26. The third kappa shape index (κ3) is 19.0. The van der Waals surface area contributed by atoms with E-state index in [0.717, 1.165) is 13.0 Å². The Morgan fingerprint density at radius 3 is 2.15 bits per heavy atom. The predicted molar refractivity (Wildman–Crippen MR) is 107 cm³/mol. The number of hydrogen-bond donors (Lipinski definition) is 1. The standard InChI is InChI=1S/C17H28N2O2.4ClH.Fe/c1-2-3-4-5-6-7-8-9-13-21-15-19-12-10-11-16(14-19)17(18)20;;;;;/h10-12,14H,2-9,13,15H2,1H3,(H-,18,20);4*1H;/q;;;;;+3/p-3. The zero-order chi connectivity index (χ0) is 19.8. The van der Waals surface area contributed by atoms with Crippen LogP contribution in [-0.2, 0) is 20.7 Å². The first-order valence-corrected chi connectivity index (χ1v) is 14.7. The van der Waals surface area contributed by atoms with Crippen molar-refractivity contribution in [2.45, 2.75) is 65.0 Å². The van der Waals surface area contributed by atoms with Crippen LogP contribution in [0.5, 0.6) is 0 Å². The summed E-state index contributed by atoms with van der Waals surface area (Å²) >= 11 is 0. The molecule has 0 aromatic carbocycles. The predicted octanol–water partition coefficient (Wildman–Crippen LogP) is 5.94. The summed E-state index contributed by atoms with van der Waals surface area (Å²) in [6, 6.07) is 3.51. The van der Waals surface area contributed by atoms with Crippen molar-refractivity contribution >= 4 is 46.3 Å². The van der Waals surface area contributed by atoms with Crippen molar-refractivity contribution < 1.29 is 23.3 Å². The molecule has 0 saturated heterocycles. The quantitative estimate of drug-likeness (QED) is 0.224. The normalized spacial score (nSPS) is 11.6. The number of pyridine rings is 1. The summed E-state index contributed by atoms with van der Waals surface area (Å²) in [6.07, 6.45) is 14.0. The number of ether oxygens (including phenoxy) is 1. The van der Waals surface area contributed by atoms with Gasteiger partial charge in [0, 0.05) is 6.07 Å². The number of carbonyl (C=O) groups is 1. The van der Waals surface area contributed by atoms with Gasteiger partial charge < -0.3 is 10.5 Å². The average Bonchev–Trinajstić information content (AvgIpc) is 2.55. The molecule has 4 nitrogen and oxygen atoms in total. The number of amides is 1. The second-order valence-electron chi connectivity index (χ2n) is 5.79. The molecule has 1 heterocycles. The molecule has 0 saturated carbocycles. The summed E-state index contributed by atoms with van der Waals surface area (Å²) < 4.78 is 7.45. The summed E-state index contributed by atoms with van der Waals surface area (Å²) in [5.41, 5.74) is 5.75. The molecule has 0 atom stereocenters. The Labute approximate surface area is 176 Å². The van der Waals surface area contributed by atoms with Crippen LogP contribution in [0.2, 0.25) is 0 Å². The molecule has 0 radical (unpaired) electrons. The van der Waals surface area contributed by atoms with Gasteiger partial charge in [-0.25, -0.2) is 0 Å². The monoisotopic (exact) mass is 489 g/mol. The first-order valence-electron chi connectivity index (χ1n) is 8.64. The Hall–Kier alpha value is 0.259. The molecule has 1 amide bonds. The van der Waals surface area contributed by atoms with E-state index >= 15 is 0 Å². The molecule has 0 aliphatic rings. The van der Waals surface area contributed by atoms with Crippen LogP contribution in [0.1, 0.15) is 68.6 Å². The Bertz CT molecular complexity index is 496. The zero-order valence-corrected chi connectivity index (χ0v) is 19.2. The second kappa shape index (κ2) is 16.2. The van der Waals surface area contributed by atoms with E-state index in [1.807, 2.05) is 10.8 Å². The van der Waals surface area contributed by atoms with Crippen LogP contribution in [0.25, 0.3) is 0 Å². The van der Waals surface area contributed by atoms with Crippen molar-refractivity contribution in [2.24, 2.45) is 5.73 Å². The summed E-state index contributed by atoms with van der Waals surface area (Å²) in [7, 11) is 17.2. The van der Waals surface area contributed by atoms with E-state index in [0.29, 0.717) is 12.3 Å². The Kier molecular flexibility index (Phi) is 16.4. The van der Waals surface area contributed by atoms with E-state index in [-0.39, 0.29) is 0 Å². The van der Waals surface area contributed by atoms with Crippen molar-refractivity contribution in [3.63, 3.8) is 0 Å². The van der Waals surface area contributed by atoms with E-state index in [1.54, 1.807) is 18.3 Å². The molecule has 0 aliphatic carbocycles. The van der Waals surface area contributed by atoms with Gasteiger partial charge in [0.05, 0.1) is 6.61 Å². The van der Waals surface area contributed by atoms with E-state index in [4.69, 9.17) is 50.9 Å². The fraction of sp³-hybridized carbons (Fsp3) is 0.647. The van der Waals surface area contributed by atoms with E-state index < -0.39 is 15.1 Å². The van der Waals surface area contributed by atoms with Gasteiger partial charge in [-0.1, -0.05) is 51.9 Å². The molecular formula is C17H29Cl4FeN2O2. The third-order valence-corrected chi connectivity index (χ3v) is 3.53. The Balaban J connectivity index is 0.00000110. The number of halogens is 4. The van der Waals surface area contributed by atoms with Crippen LogP contribution < -0.4 is 10.3 Å². The first-order chi connectivity index (χ1) is 12.2. The molecule has 1 aromatic heterocycles. The van der Waals surface area contributed by atoms with Gasteiger partial charge in [0.25, 0.3) is 12.6 Å². The number of carbonyl (C=O) groups excluding carboxylic acids is 1. The molecule has 1 aromatic rings. The van der Waals surface area contributed by atoms with E-state index in [1.165, 1.54) is 44.9 Å². The number of nitrogens with two attached hydrogens (primary N) is 1. The van der Waals surface area contributed by atoms with Crippen molar-refractivity contribution in [3.05, 3.63) is 30.1 Å². The molecule has 0 fully saturated rings. The number of rotatable bonds is 12. The van der Waals surface area contributed by atoms with Crippen molar-refractivity contribution in [1.29, 1.82) is 0 Å². The van der Waals surface area contributed by atoms with Gasteiger partial charge in [-0.2, -0.15) is 4.57 Å². The van der Waals surface area contributed by atoms with Crippen molar-refractivity contribution in [2.75, 3.05) is 6.61 Å². The summed E-state index contributed by atoms with van der Waals surface area (Å²) in [6.45, 7) is 3.48. The molecule has 1 rings (SSSR count). The Morgan fingerprint density at radius 1 is 1.08 bits per heavy atom. The number of unbranched alkanes of at least 4 members (excludes halogenated alkanes) is 7. The maximum absolute atomic E-state index is 11.1. The van der Waals surface area contributed by atoms with Gasteiger partial charge in [-0.05, 0) is 12.5 Å². The van der Waals surface area contributed by atoms with E-state index in [9.17, 15) is 4.79 Å². The summed E-state index contributed by atoms with van der Waals surface area (Å²) in [5, 5.41) is 0. The molecule has 0 spiro atoms. The molecule has 26 heavy (non-hydrogen) atoms. The molecule has 0 bridgehead atoms. The molecular weight excluding hydrogens is 462 g/mol. The van der Waals surface area contributed by atoms with Crippen LogP contribution in [0, 0.1) is 0 Å². The van der Waals surface area contributed by atoms with Gasteiger partial charge >= 0.3 is 49.6 Å². The molecule has 0 unspecified atom stereocenters. The number of primary amides is 1. The van der Waals surface area contributed by atoms with Gasteiger partial charge in [-0.15, -0.1) is 0 Å². The summed E-state index contributed by atoms with van der Waals surface area (Å²) in [5.74, 6) is -0.410. The first kappa shape index (κ1) is 26.3. The third-order valence-electron chi connectivity index (χ3n) is 3.53. The minimum atomic E-state index is -2.61. The van der Waals surface area contributed by atoms with Crippen LogP contribution in [-0.4, -0.2) is 12.5 Å².